The first-order chi connectivity index (χ1) is 4.77. The maximum Gasteiger partial charge on any atom is 0.0481 e. The van der Waals surface area contributed by atoms with E-state index in [1.165, 1.54) is 0 Å². The van der Waals surface area contributed by atoms with E-state index < -0.39 is 5.97 Å². The lowest BCUT2D eigenvalue weighted by atomic mass is 10.4. The van der Waals surface area contributed by atoms with Gasteiger partial charge in [-0.3, -0.25) is 0 Å². The van der Waals surface area contributed by atoms with Crippen molar-refractivity contribution in [1.82, 2.24) is 0 Å². The van der Waals surface area contributed by atoms with Crippen molar-refractivity contribution in [2.75, 3.05) is 26.7 Å². The Morgan fingerprint density at radius 2 is 1.55 bits per heavy atom. The Balaban J connectivity index is 0. The lowest BCUT2D eigenvalue weighted by Crippen LogP contribution is -2.20. The molecule has 0 rings (SSSR count). The summed E-state index contributed by atoms with van der Waals surface area (Å²) in [5, 5.41) is 9.49. The second-order valence-electron chi connectivity index (χ2n) is 3.81. The van der Waals surface area contributed by atoms with Gasteiger partial charge in [0, 0.05) is 39.9 Å². The monoisotopic (exact) mass is 178 g/mol. The first kappa shape index (κ1) is 13.5. The van der Waals surface area contributed by atoms with E-state index in [0.29, 0.717) is 6.42 Å². The van der Waals surface area contributed by atoms with Gasteiger partial charge in [-0.15, -0.1) is 0 Å². The molecule has 0 aromatic heterocycles. The summed E-state index contributed by atoms with van der Waals surface area (Å²) in [6.07, 6.45) is 0.850. The molecule has 0 aliphatic carbocycles. The van der Waals surface area contributed by atoms with E-state index >= 15 is 0 Å². The molecule has 3 heteroatoms. The standard InChI is InChI=1S/C4H8O2.C4H12P/c1-2-3-4(5)6;1-5(2,3)4/h2-3H2,1H3,(H,5,6);1-4H3/q;+1/p-1. The third-order valence-corrected chi connectivity index (χ3v) is 0.454. The highest BCUT2D eigenvalue weighted by molar-refractivity contribution is 7.72. The average Bonchev–Trinajstić information content (AvgIpc) is 1.58. The Morgan fingerprint density at radius 1 is 1.27 bits per heavy atom. The fraction of sp³-hybridized carbons (Fsp3) is 0.875. The molecule has 0 bridgehead atoms. The number of carboxylic acids is 1. The number of carbonyl (C=O) groups is 1. The summed E-state index contributed by atoms with van der Waals surface area (Å²) in [6, 6.07) is 0. The quantitative estimate of drug-likeness (QED) is 0.593. The van der Waals surface area contributed by atoms with Gasteiger partial charge in [-0.05, 0) is 6.42 Å². The van der Waals surface area contributed by atoms with Crippen LogP contribution >= 0.6 is 7.26 Å². The zero-order valence-corrected chi connectivity index (χ0v) is 9.07. The molecule has 0 aromatic carbocycles. The second-order valence-corrected chi connectivity index (χ2v) is 9.17. The summed E-state index contributed by atoms with van der Waals surface area (Å²) in [5.74, 6) is -0.961. The summed E-state index contributed by atoms with van der Waals surface area (Å²) >= 11 is 0. The summed E-state index contributed by atoms with van der Waals surface area (Å²) < 4.78 is 0. The minimum Gasteiger partial charge on any atom is -0.550 e. The topological polar surface area (TPSA) is 40.1 Å². The molecule has 11 heavy (non-hydrogen) atoms. The molecule has 0 unspecified atom stereocenters. The number of carboxylic acid groups (broad SMARTS) is 1. The molecule has 0 aliphatic rings. The minimum atomic E-state index is -0.961. The molecule has 68 valence electrons. The Labute approximate surface area is 70.3 Å². The van der Waals surface area contributed by atoms with Crippen molar-refractivity contribution in [3.63, 3.8) is 0 Å². The van der Waals surface area contributed by atoms with Crippen molar-refractivity contribution in [3.8, 4) is 0 Å². The van der Waals surface area contributed by atoms with Gasteiger partial charge in [0.15, 0.2) is 0 Å². The molecule has 0 aliphatic heterocycles. The van der Waals surface area contributed by atoms with Crippen molar-refractivity contribution < 1.29 is 9.90 Å². The van der Waals surface area contributed by atoms with Crippen molar-refractivity contribution in [2.24, 2.45) is 0 Å². The van der Waals surface area contributed by atoms with Crippen LogP contribution in [-0.4, -0.2) is 32.6 Å². The first-order valence-corrected chi connectivity index (χ1v) is 7.34. The SMILES string of the molecule is CCCC(=O)[O-].C[P+](C)(C)C. The predicted molar refractivity (Wildman–Crippen MR) is 50.5 cm³/mol. The van der Waals surface area contributed by atoms with Crippen LogP contribution in [0.4, 0.5) is 0 Å². The Morgan fingerprint density at radius 3 is 1.55 bits per heavy atom. The molecular formula is C8H19O2P. The highest BCUT2D eigenvalue weighted by Crippen LogP contribution is 2.40. The molecule has 0 fully saturated rings. The molecule has 0 aromatic rings. The summed E-state index contributed by atoms with van der Waals surface area (Å²) in [5.41, 5.74) is 0. The van der Waals surface area contributed by atoms with Gasteiger partial charge in [-0.2, -0.15) is 0 Å². The molecule has 0 saturated heterocycles. The Bertz CT molecular complexity index is 99.1. The fourth-order valence-corrected chi connectivity index (χ4v) is 0.204. The van der Waals surface area contributed by atoms with E-state index in [4.69, 9.17) is 0 Å². The number of hydrogen-bond acceptors (Lipinski definition) is 2. The van der Waals surface area contributed by atoms with E-state index in [1.807, 2.05) is 0 Å². The third-order valence-electron chi connectivity index (χ3n) is 0.454. The Kier molecular flexibility index (Phi) is 8.09. The molecule has 2 nitrogen and oxygen atoms in total. The summed E-state index contributed by atoms with van der Waals surface area (Å²) in [7, 11) is -0.389. The van der Waals surface area contributed by atoms with Crippen LogP contribution < -0.4 is 5.11 Å². The lowest BCUT2D eigenvalue weighted by molar-refractivity contribution is -0.305. The number of carbonyl (C=O) groups excluding carboxylic acids is 1. The van der Waals surface area contributed by atoms with Crippen LogP contribution in [0.2, 0.25) is 0 Å². The second kappa shape index (κ2) is 6.60. The van der Waals surface area contributed by atoms with Gasteiger partial charge >= 0.3 is 0 Å². The van der Waals surface area contributed by atoms with Gasteiger partial charge in [0.05, 0.1) is 0 Å². The van der Waals surface area contributed by atoms with Crippen molar-refractivity contribution >= 4 is 13.2 Å². The zero-order chi connectivity index (χ0) is 9.49. The number of rotatable bonds is 2. The maximum absolute atomic E-state index is 9.49. The minimum absolute atomic E-state index is 0.181. The maximum atomic E-state index is 9.49. The highest BCUT2D eigenvalue weighted by atomic mass is 31.2. The van der Waals surface area contributed by atoms with Gasteiger partial charge in [0.25, 0.3) is 0 Å². The van der Waals surface area contributed by atoms with Gasteiger partial charge in [-0.1, -0.05) is 13.3 Å². The van der Waals surface area contributed by atoms with Crippen molar-refractivity contribution in [3.05, 3.63) is 0 Å². The number of aliphatic carboxylic acids is 1. The first-order valence-electron chi connectivity index (χ1n) is 3.76. The Hall–Kier alpha value is -0.100. The van der Waals surface area contributed by atoms with Crippen LogP contribution in [0.15, 0.2) is 0 Å². The number of hydrogen-bond donors (Lipinski definition) is 0. The van der Waals surface area contributed by atoms with E-state index in [9.17, 15) is 9.90 Å². The van der Waals surface area contributed by atoms with Gasteiger partial charge < -0.3 is 9.90 Å². The van der Waals surface area contributed by atoms with E-state index in [-0.39, 0.29) is 13.7 Å². The van der Waals surface area contributed by atoms with Crippen LogP contribution in [0.25, 0.3) is 0 Å². The molecule has 0 heterocycles. The summed E-state index contributed by atoms with van der Waals surface area (Å²) in [6.45, 7) is 11.0. The molecular weight excluding hydrogens is 159 g/mol. The van der Waals surface area contributed by atoms with E-state index in [0.717, 1.165) is 0 Å². The van der Waals surface area contributed by atoms with Gasteiger partial charge in [0.2, 0.25) is 0 Å². The van der Waals surface area contributed by atoms with Gasteiger partial charge in [0.1, 0.15) is 0 Å². The molecule has 0 N–H and O–H groups in total. The van der Waals surface area contributed by atoms with Crippen LogP contribution in [-0.2, 0) is 4.79 Å². The lowest BCUT2D eigenvalue weighted by Gasteiger charge is -1.97. The van der Waals surface area contributed by atoms with Crippen molar-refractivity contribution in [1.29, 1.82) is 0 Å². The van der Waals surface area contributed by atoms with E-state index in [2.05, 4.69) is 26.7 Å². The van der Waals surface area contributed by atoms with Crippen LogP contribution in [0.3, 0.4) is 0 Å². The normalized spacial score (nSPS) is 9.91. The molecule has 0 atom stereocenters. The predicted octanol–water partition coefficient (Wildman–Crippen LogP) is 1.06. The van der Waals surface area contributed by atoms with Crippen LogP contribution in [0.5, 0.6) is 0 Å². The van der Waals surface area contributed by atoms with Crippen LogP contribution in [0.1, 0.15) is 19.8 Å². The molecule has 0 spiro atoms. The summed E-state index contributed by atoms with van der Waals surface area (Å²) in [4.78, 5) is 9.49. The largest absolute Gasteiger partial charge is 0.550 e. The van der Waals surface area contributed by atoms with E-state index in [1.54, 1.807) is 6.92 Å². The molecule has 0 saturated carbocycles. The van der Waals surface area contributed by atoms with Crippen LogP contribution in [0, 0.1) is 0 Å². The van der Waals surface area contributed by atoms with Gasteiger partial charge in [-0.25, -0.2) is 0 Å². The van der Waals surface area contributed by atoms with Crippen molar-refractivity contribution in [2.45, 2.75) is 19.8 Å². The zero-order valence-electron chi connectivity index (χ0n) is 8.18. The highest BCUT2D eigenvalue weighted by Gasteiger charge is 2.03. The molecule has 0 radical (unpaired) electrons. The smallest absolute Gasteiger partial charge is 0.0481 e. The third kappa shape index (κ3) is 73.5. The average molecular weight is 178 g/mol. The molecule has 0 amide bonds. The fourth-order valence-electron chi connectivity index (χ4n) is 0.204.